The number of nitrogens with zero attached hydrogens (tertiary/aromatic N) is 5. The number of hydrogen-bond acceptors (Lipinski definition) is 7. The van der Waals surface area contributed by atoms with Crippen LogP contribution in [0.2, 0.25) is 0 Å². The Labute approximate surface area is 147 Å². The lowest BCUT2D eigenvalue weighted by molar-refractivity contribution is 0.170. The van der Waals surface area contributed by atoms with E-state index in [2.05, 4.69) is 44.2 Å². The van der Waals surface area contributed by atoms with Crippen LogP contribution >= 0.6 is 11.3 Å². The topological polar surface area (TPSA) is 58.3 Å². The van der Waals surface area contributed by atoms with Crippen LogP contribution in [-0.4, -0.2) is 50.6 Å². The highest BCUT2D eigenvalue weighted by Crippen LogP contribution is 2.20. The van der Waals surface area contributed by atoms with Crippen LogP contribution in [0.4, 0.5) is 0 Å². The van der Waals surface area contributed by atoms with Gasteiger partial charge in [0.2, 0.25) is 5.89 Å². The molecule has 0 bridgehead atoms. The van der Waals surface area contributed by atoms with E-state index in [4.69, 9.17) is 4.52 Å². The molecule has 2 aromatic heterocycles. The van der Waals surface area contributed by atoms with Gasteiger partial charge in [-0.25, -0.2) is 4.98 Å². The van der Waals surface area contributed by atoms with Crippen molar-refractivity contribution in [1.29, 1.82) is 0 Å². The van der Waals surface area contributed by atoms with Crippen LogP contribution in [-0.2, 0) is 13.1 Å². The van der Waals surface area contributed by atoms with Gasteiger partial charge in [-0.3, -0.25) is 9.80 Å². The molecule has 0 saturated carbocycles. The lowest BCUT2D eigenvalue weighted by Gasteiger charge is -2.28. The summed E-state index contributed by atoms with van der Waals surface area (Å²) in [6, 6.07) is 0.594. The van der Waals surface area contributed by atoms with E-state index in [9.17, 15) is 0 Å². The molecule has 132 valence electrons. The summed E-state index contributed by atoms with van der Waals surface area (Å²) in [5, 5.41) is 7.43. The van der Waals surface area contributed by atoms with Crippen LogP contribution in [0.3, 0.4) is 0 Å². The summed E-state index contributed by atoms with van der Waals surface area (Å²) >= 11 is 1.78. The SMILES string of the molecule is CCN(Cc1noc(C)n1)[C@@H]1CCCN(Cc2nc(C)cs2)CC1. The number of rotatable bonds is 6. The number of hydrogen-bond donors (Lipinski definition) is 0. The number of thiazole rings is 1. The van der Waals surface area contributed by atoms with E-state index in [0.717, 1.165) is 44.2 Å². The molecule has 7 heteroatoms. The zero-order valence-electron chi connectivity index (χ0n) is 14.9. The molecular weight excluding hydrogens is 322 g/mol. The first-order valence-corrected chi connectivity index (χ1v) is 9.68. The summed E-state index contributed by atoms with van der Waals surface area (Å²) in [5.41, 5.74) is 1.13. The molecule has 6 nitrogen and oxygen atoms in total. The average molecular weight is 350 g/mol. The summed E-state index contributed by atoms with van der Waals surface area (Å²) in [6.45, 7) is 11.2. The van der Waals surface area contributed by atoms with Gasteiger partial charge in [-0.1, -0.05) is 12.1 Å². The molecule has 0 radical (unpaired) electrons. The molecule has 0 aliphatic carbocycles. The fourth-order valence-electron chi connectivity index (χ4n) is 3.41. The monoisotopic (exact) mass is 349 g/mol. The normalized spacial score (nSPS) is 19.8. The number of aromatic nitrogens is 3. The van der Waals surface area contributed by atoms with E-state index in [1.807, 2.05) is 6.92 Å². The number of aryl methyl sites for hydroxylation is 2. The van der Waals surface area contributed by atoms with Gasteiger partial charge >= 0.3 is 0 Å². The number of likely N-dealkylation sites (tertiary alicyclic amines) is 1. The maximum Gasteiger partial charge on any atom is 0.223 e. The van der Waals surface area contributed by atoms with Crippen molar-refractivity contribution in [2.45, 2.75) is 59.2 Å². The summed E-state index contributed by atoms with van der Waals surface area (Å²) in [7, 11) is 0. The molecular formula is C17H27N5OS. The van der Waals surface area contributed by atoms with Gasteiger partial charge in [-0.05, 0) is 39.3 Å². The van der Waals surface area contributed by atoms with Gasteiger partial charge in [0.1, 0.15) is 5.01 Å². The molecule has 1 aliphatic heterocycles. The Balaban J connectivity index is 1.55. The van der Waals surface area contributed by atoms with Crippen LogP contribution in [0.25, 0.3) is 0 Å². The van der Waals surface area contributed by atoms with Gasteiger partial charge in [-0.2, -0.15) is 4.98 Å². The highest BCUT2D eigenvalue weighted by atomic mass is 32.1. The molecule has 0 amide bonds. The average Bonchev–Trinajstić information content (AvgIpc) is 3.08. The Hall–Kier alpha value is -1.31. The second-order valence-corrected chi connectivity index (χ2v) is 7.48. The minimum Gasteiger partial charge on any atom is -0.340 e. The quantitative estimate of drug-likeness (QED) is 0.799. The van der Waals surface area contributed by atoms with Gasteiger partial charge in [-0.15, -0.1) is 11.3 Å². The second kappa shape index (κ2) is 8.18. The predicted molar refractivity (Wildman–Crippen MR) is 94.9 cm³/mol. The second-order valence-electron chi connectivity index (χ2n) is 6.54. The van der Waals surface area contributed by atoms with Crippen molar-refractivity contribution in [3.05, 3.63) is 27.8 Å². The summed E-state index contributed by atoms with van der Waals surface area (Å²) in [5.74, 6) is 1.44. The first kappa shape index (κ1) is 17.5. The highest BCUT2D eigenvalue weighted by Gasteiger charge is 2.23. The van der Waals surface area contributed by atoms with Gasteiger partial charge in [0, 0.05) is 30.6 Å². The molecule has 1 fully saturated rings. The smallest absolute Gasteiger partial charge is 0.223 e. The zero-order valence-corrected chi connectivity index (χ0v) is 15.7. The summed E-state index contributed by atoms with van der Waals surface area (Å²) < 4.78 is 5.11. The zero-order chi connectivity index (χ0) is 16.9. The van der Waals surface area contributed by atoms with Gasteiger partial charge < -0.3 is 4.52 Å². The van der Waals surface area contributed by atoms with Crippen molar-refractivity contribution in [2.75, 3.05) is 19.6 Å². The Morgan fingerprint density at radius 2 is 2.17 bits per heavy atom. The van der Waals surface area contributed by atoms with Crippen LogP contribution in [0.1, 0.15) is 48.6 Å². The summed E-state index contributed by atoms with van der Waals surface area (Å²) in [6.07, 6.45) is 3.66. The van der Waals surface area contributed by atoms with E-state index in [1.54, 1.807) is 11.3 Å². The first-order chi connectivity index (χ1) is 11.6. The Morgan fingerprint density at radius 1 is 1.29 bits per heavy atom. The molecule has 1 aliphatic rings. The molecule has 1 saturated heterocycles. The largest absolute Gasteiger partial charge is 0.340 e. The van der Waals surface area contributed by atoms with E-state index in [1.165, 1.54) is 24.3 Å². The molecule has 0 N–H and O–H groups in total. The van der Waals surface area contributed by atoms with Crippen molar-refractivity contribution < 1.29 is 4.52 Å². The third-order valence-corrected chi connectivity index (χ3v) is 5.60. The standard InChI is InChI=1S/C17H27N5OS/c1-4-22(10-16-19-14(3)23-20-16)15-6-5-8-21(9-7-15)11-17-18-13(2)12-24-17/h12,15H,4-11H2,1-3H3/t15-/m1/s1. The highest BCUT2D eigenvalue weighted by molar-refractivity contribution is 7.09. The third-order valence-electron chi connectivity index (χ3n) is 4.65. The molecule has 24 heavy (non-hydrogen) atoms. The van der Waals surface area contributed by atoms with Crippen molar-refractivity contribution in [2.24, 2.45) is 0 Å². The van der Waals surface area contributed by atoms with Crippen molar-refractivity contribution >= 4 is 11.3 Å². The maximum atomic E-state index is 5.11. The summed E-state index contributed by atoms with van der Waals surface area (Å²) in [4.78, 5) is 14.0. The van der Waals surface area contributed by atoms with Crippen molar-refractivity contribution in [3.63, 3.8) is 0 Å². The molecule has 3 rings (SSSR count). The minimum absolute atomic E-state index is 0.594. The van der Waals surface area contributed by atoms with E-state index in [0.29, 0.717) is 11.9 Å². The van der Waals surface area contributed by atoms with Crippen LogP contribution < -0.4 is 0 Å². The minimum atomic E-state index is 0.594. The van der Waals surface area contributed by atoms with Crippen LogP contribution in [0, 0.1) is 13.8 Å². The first-order valence-electron chi connectivity index (χ1n) is 8.80. The Bertz CT molecular complexity index is 640. The van der Waals surface area contributed by atoms with Gasteiger partial charge in [0.05, 0.1) is 13.1 Å². The lowest BCUT2D eigenvalue weighted by atomic mass is 10.1. The van der Waals surface area contributed by atoms with Crippen molar-refractivity contribution in [3.8, 4) is 0 Å². The Kier molecular flexibility index (Phi) is 5.97. The van der Waals surface area contributed by atoms with Crippen molar-refractivity contribution in [1.82, 2.24) is 24.9 Å². The maximum absolute atomic E-state index is 5.11. The van der Waals surface area contributed by atoms with Gasteiger partial charge in [0.25, 0.3) is 0 Å². The predicted octanol–water partition coefficient (Wildman–Crippen LogP) is 3.02. The molecule has 0 aromatic carbocycles. The van der Waals surface area contributed by atoms with E-state index < -0.39 is 0 Å². The van der Waals surface area contributed by atoms with Gasteiger partial charge in [0.15, 0.2) is 5.82 Å². The Morgan fingerprint density at radius 3 is 2.83 bits per heavy atom. The lowest BCUT2D eigenvalue weighted by Crippen LogP contribution is -2.36. The third kappa shape index (κ3) is 4.62. The fourth-order valence-corrected chi connectivity index (χ4v) is 4.23. The molecule has 3 heterocycles. The van der Waals surface area contributed by atoms with Crippen LogP contribution in [0.15, 0.2) is 9.90 Å². The van der Waals surface area contributed by atoms with Crippen LogP contribution in [0.5, 0.6) is 0 Å². The fraction of sp³-hybridized carbons (Fsp3) is 0.706. The molecule has 0 unspecified atom stereocenters. The molecule has 0 spiro atoms. The molecule has 2 aromatic rings. The van der Waals surface area contributed by atoms with E-state index >= 15 is 0 Å². The van der Waals surface area contributed by atoms with E-state index in [-0.39, 0.29) is 0 Å². The molecule has 1 atom stereocenters.